The average molecular weight is 1520 g/mol. The summed E-state index contributed by atoms with van der Waals surface area (Å²) in [5.74, 6) is 1.55. The van der Waals surface area contributed by atoms with Gasteiger partial charge in [-0.3, -0.25) is 0 Å². The molecule has 10 nitrogen and oxygen atoms in total. The van der Waals surface area contributed by atoms with Crippen molar-refractivity contribution in [1.29, 1.82) is 0 Å². The normalized spacial score (nSPS) is 13.9. The number of benzene rings is 17. The van der Waals surface area contributed by atoms with Gasteiger partial charge in [0.15, 0.2) is 11.5 Å². The summed E-state index contributed by atoms with van der Waals surface area (Å²) in [5, 5.41) is 0. The average Bonchev–Trinajstić information content (AvgIpc) is 1.57. The van der Waals surface area contributed by atoms with Crippen molar-refractivity contribution in [3.05, 3.63) is 394 Å². The van der Waals surface area contributed by atoms with Gasteiger partial charge in [0.25, 0.3) is 13.4 Å². The summed E-state index contributed by atoms with van der Waals surface area (Å²) >= 11 is 0. The smallest absolute Gasteiger partial charge is 0.252 e. The van der Waals surface area contributed by atoms with Crippen LogP contribution in [0.4, 0.5) is 154 Å². The summed E-state index contributed by atoms with van der Waals surface area (Å²) < 4.78 is 8.18. The fourth-order valence-electron chi connectivity index (χ4n) is 21.7. The second kappa shape index (κ2) is 24.2. The van der Waals surface area contributed by atoms with E-state index in [0.29, 0.717) is 0 Å². The molecule has 0 saturated heterocycles. The lowest BCUT2D eigenvalue weighted by Crippen LogP contribution is -2.66. The summed E-state index contributed by atoms with van der Waals surface area (Å²) in [6, 6.07) is 145. The number of nitrogens with zero attached hydrogens (tertiary/aromatic N) is 9. The first-order valence-electron chi connectivity index (χ1n) is 41.2. The van der Waals surface area contributed by atoms with Crippen LogP contribution >= 0.6 is 0 Å². The van der Waals surface area contributed by atoms with Gasteiger partial charge in [0.1, 0.15) is 11.4 Å². The first-order chi connectivity index (χ1) is 59.1. The van der Waals surface area contributed by atoms with E-state index in [4.69, 9.17) is 4.42 Å². The minimum atomic E-state index is -0.383. The predicted molar refractivity (Wildman–Crippen MR) is 494 cm³/mol. The van der Waals surface area contributed by atoms with E-state index in [1.165, 1.54) is 44.2 Å². The fourth-order valence-corrected chi connectivity index (χ4v) is 21.7. The number of aryl methyl sites for hydroxylation is 1. The largest absolute Gasteiger partial charge is 0.452 e. The van der Waals surface area contributed by atoms with Crippen molar-refractivity contribution in [3.8, 4) is 44.9 Å². The molecular weight excluding hydrogens is 1450 g/mol. The van der Waals surface area contributed by atoms with E-state index in [1.807, 2.05) is 0 Å². The molecule has 0 spiro atoms. The van der Waals surface area contributed by atoms with Gasteiger partial charge in [-0.15, -0.1) is 0 Å². The van der Waals surface area contributed by atoms with E-state index in [9.17, 15) is 0 Å². The van der Waals surface area contributed by atoms with Crippen LogP contribution < -0.4 is 76.9 Å². The Balaban J connectivity index is 0.848. The molecule has 0 unspecified atom stereocenters. The highest BCUT2D eigenvalue weighted by atomic mass is 16.3. The monoisotopic (exact) mass is 1520 g/mol. The summed E-state index contributed by atoms with van der Waals surface area (Å²) in [5.41, 5.74) is 44.4. The van der Waals surface area contributed by atoms with Gasteiger partial charge in [0.2, 0.25) is 0 Å². The molecule has 27 rings (SSSR count). The van der Waals surface area contributed by atoms with E-state index < -0.39 is 0 Å². The number of anilines is 27. The molecule has 12 heteroatoms. The van der Waals surface area contributed by atoms with Crippen molar-refractivity contribution < 1.29 is 4.42 Å². The van der Waals surface area contributed by atoms with Crippen molar-refractivity contribution in [2.75, 3.05) is 44.1 Å². The van der Waals surface area contributed by atoms with Crippen molar-refractivity contribution in [2.45, 2.75) is 6.92 Å². The van der Waals surface area contributed by atoms with Crippen LogP contribution in [0.1, 0.15) is 5.56 Å². The SMILES string of the molecule is Cc1cc2c3c4c1N(c1ccccc1)c1cccc5c1N4c1c(ccc(-c4ccccc4)c1N5c1ccccc1)B3c1ccc3c4c1N2c1c(-c2ccccc2)oc(-c2ccccc2)c1N4c1cc(N(c2ccccc2)c2ccccc2)c2c4c1B3c1cc(-c3ccccc3)cc3c1N4c1c(cccc1N2c1ccccc1)N3c1ccccc1. The molecule has 0 bridgehead atoms. The quantitative estimate of drug-likeness (QED) is 0.117. The molecule has 0 radical (unpaired) electrons. The van der Waals surface area contributed by atoms with Crippen LogP contribution in [0.25, 0.3) is 44.9 Å². The lowest BCUT2D eigenvalue weighted by molar-refractivity contribution is 0.598. The molecule has 0 aliphatic carbocycles. The zero-order valence-corrected chi connectivity index (χ0v) is 64.5. The molecule has 119 heavy (non-hydrogen) atoms. The Labute approximate surface area is 689 Å². The molecule has 10 heterocycles. The second-order valence-electron chi connectivity index (χ2n) is 32.2. The van der Waals surface area contributed by atoms with Gasteiger partial charge in [-0.2, -0.15) is 0 Å². The topological polar surface area (TPSA) is 42.3 Å². The van der Waals surface area contributed by atoms with Gasteiger partial charge in [0, 0.05) is 62.2 Å². The molecule has 0 amide bonds. The van der Waals surface area contributed by atoms with E-state index >= 15 is 0 Å². The van der Waals surface area contributed by atoms with Gasteiger partial charge in [-0.25, -0.2) is 0 Å². The summed E-state index contributed by atoms with van der Waals surface area (Å²) in [6.45, 7) is 1.66. The van der Waals surface area contributed by atoms with E-state index in [1.54, 1.807) is 0 Å². The third-order valence-electron chi connectivity index (χ3n) is 26.1. The van der Waals surface area contributed by atoms with Crippen molar-refractivity contribution in [2.24, 2.45) is 0 Å². The first kappa shape index (κ1) is 64.7. The molecule has 9 aliphatic rings. The molecule has 0 atom stereocenters. The van der Waals surface area contributed by atoms with Crippen LogP contribution in [0.15, 0.2) is 393 Å². The minimum Gasteiger partial charge on any atom is -0.452 e. The Kier molecular flexibility index (Phi) is 13.2. The van der Waals surface area contributed by atoms with Crippen molar-refractivity contribution in [1.82, 2.24) is 0 Å². The van der Waals surface area contributed by atoms with E-state index in [0.717, 1.165) is 193 Å². The maximum absolute atomic E-state index is 8.18. The lowest BCUT2D eigenvalue weighted by atomic mass is 9.30. The summed E-state index contributed by atoms with van der Waals surface area (Å²) in [7, 11) is 0. The van der Waals surface area contributed by atoms with Crippen LogP contribution in [0.5, 0.6) is 0 Å². The van der Waals surface area contributed by atoms with Crippen LogP contribution in [0.3, 0.4) is 0 Å². The zero-order valence-electron chi connectivity index (χ0n) is 64.5. The molecule has 1 aromatic heterocycles. The highest BCUT2D eigenvalue weighted by Gasteiger charge is 2.59. The number of fused-ring (bicyclic) bond motifs is 9. The van der Waals surface area contributed by atoms with Crippen LogP contribution in [0.2, 0.25) is 0 Å². The van der Waals surface area contributed by atoms with Gasteiger partial charge in [-0.05, 0) is 177 Å². The Bertz CT molecular complexity index is 7310. The van der Waals surface area contributed by atoms with Gasteiger partial charge < -0.3 is 48.5 Å². The Morgan fingerprint density at radius 1 is 0.218 bits per heavy atom. The lowest BCUT2D eigenvalue weighted by Gasteiger charge is -2.56. The van der Waals surface area contributed by atoms with Crippen LogP contribution in [-0.4, -0.2) is 13.4 Å². The molecule has 0 N–H and O–H groups in total. The zero-order chi connectivity index (χ0) is 77.6. The Morgan fingerprint density at radius 2 is 0.588 bits per heavy atom. The van der Waals surface area contributed by atoms with E-state index in [-0.39, 0.29) is 13.4 Å². The maximum Gasteiger partial charge on any atom is 0.252 e. The van der Waals surface area contributed by atoms with E-state index in [2.05, 4.69) is 439 Å². The van der Waals surface area contributed by atoms with Gasteiger partial charge >= 0.3 is 0 Å². The molecule has 17 aromatic carbocycles. The minimum absolute atomic E-state index is 0.325. The fraction of sp³-hybridized carbons (Fsp3) is 0.00935. The summed E-state index contributed by atoms with van der Waals surface area (Å²) in [4.78, 5) is 23.7. The standard InChI is InChI=1S/C107H67B2N9O/c1-66-62-87-91-102-93(66)112(75-48-26-9-27-49-75)84-55-33-56-85-100(84)118(102)96-79(59-58-78(68-36-14-3-15-37-68)94(96)113(85)76-50-28-10-29-51-76)108(91)80-60-61-81-98-97(80)115(87)104-105(107(70-40-18-5-19-41-70)119-106(104)69-38-16-4-17-39-69)116(98)88-65-90(110(72-42-20-6-21-43-72)73-44-22-7-23-45-73)101-103-92(88)109(81)82-63-71(67-34-12-2-13-35-67)64-89-95(82)117(103)99-83(111(89)74-46-24-8-25-47-74)54-32-57-86(99)114(101)77-52-30-11-31-53-77/h2-65H,1H3. The number of furan rings is 1. The van der Waals surface area contributed by atoms with Crippen molar-refractivity contribution >= 4 is 200 Å². The van der Waals surface area contributed by atoms with Crippen LogP contribution in [0, 0.1) is 6.92 Å². The van der Waals surface area contributed by atoms with Gasteiger partial charge in [-0.1, -0.05) is 273 Å². The maximum atomic E-state index is 8.18. The number of para-hydroxylation sites is 8. The molecular formula is C107H67B2N9O. The number of hydrogen-bond acceptors (Lipinski definition) is 10. The number of hydrogen-bond donors (Lipinski definition) is 0. The first-order valence-corrected chi connectivity index (χ1v) is 41.2. The summed E-state index contributed by atoms with van der Waals surface area (Å²) in [6.07, 6.45) is 0. The molecule has 9 aliphatic heterocycles. The molecule has 552 valence electrons. The third-order valence-corrected chi connectivity index (χ3v) is 26.1. The molecule has 0 fully saturated rings. The highest BCUT2D eigenvalue weighted by Crippen LogP contribution is 2.72. The molecule has 0 saturated carbocycles. The van der Waals surface area contributed by atoms with Gasteiger partial charge in [0.05, 0.1) is 96.7 Å². The molecule has 18 aromatic rings. The number of rotatable bonds is 11. The van der Waals surface area contributed by atoms with Crippen molar-refractivity contribution in [3.63, 3.8) is 0 Å². The second-order valence-corrected chi connectivity index (χ2v) is 32.2. The Morgan fingerprint density at radius 3 is 1.08 bits per heavy atom. The third kappa shape index (κ3) is 8.59. The van der Waals surface area contributed by atoms with Crippen LogP contribution in [-0.2, 0) is 0 Å². The predicted octanol–water partition coefficient (Wildman–Crippen LogP) is 25.3. The highest BCUT2D eigenvalue weighted by molar-refractivity contribution is 7.03. The Hall–Kier alpha value is -15.7.